The van der Waals surface area contributed by atoms with Crippen molar-refractivity contribution in [3.05, 3.63) is 0 Å². The molecule has 7 nitrogen and oxygen atoms in total. The lowest BCUT2D eigenvalue weighted by Gasteiger charge is -2.47. The number of rotatable bonds is 5. The van der Waals surface area contributed by atoms with Crippen LogP contribution in [0.25, 0.3) is 0 Å². The van der Waals surface area contributed by atoms with E-state index in [1.807, 2.05) is 0 Å². The van der Waals surface area contributed by atoms with E-state index in [1.54, 1.807) is 0 Å². The third-order valence-corrected chi connectivity index (χ3v) is 11.1. The molecule has 3 aliphatic heterocycles. The molecule has 0 aromatic rings. The van der Waals surface area contributed by atoms with Gasteiger partial charge in [-0.1, -0.05) is 0 Å². The Morgan fingerprint density at radius 3 is 1.50 bits per heavy atom. The first kappa shape index (κ1) is 32.2. The molecule has 0 radical (unpaired) electrons. The fourth-order valence-corrected chi connectivity index (χ4v) is 10.0. The minimum absolute atomic E-state index is 0.00276. The first-order valence-electron chi connectivity index (χ1n) is 17.1. The van der Waals surface area contributed by atoms with E-state index in [0.717, 1.165) is 57.8 Å². The molecule has 0 bridgehead atoms. The Hall–Kier alpha value is -1.18. The van der Waals surface area contributed by atoms with E-state index in [2.05, 4.69) is 66.0 Å². The summed E-state index contributed by atoms with van der Waals surface area (Å²) >= 11 is 0. The number of fused-ring (bicyclic) bond motifs is 1. The Balaban J connectivity index is 1.05. The van der Waals surface area contributed by atoms with E-state index in [-0.39, 0.29) is 52.2 Å². The molecule has 3 heterocycles. The number of hydrogen-bond acceptors (Lipinski definition) is 7. The van der Waals surface area contributed by atoms with Crippen LogP contribution in [0.2, 0.25) is 0 Å². The second-order valence-corrected chi connectivity index (χ2v) is 17.5. The van der Waals surface area contributed by atoms with Crippen molar-refractivity contribution >= 4 is 11.9 Å². The van der Waals surface area contributed by atoms with Crippen molar-refractivity contribution in [3.63, 3.8) is 0 Å². The fourth-order valence-electron chi connectivity index (χ4n) is 10.0. The highest BCUT2D eigenvalue weighted by atomic mass is 16.6. The summed E-state index contributed by atoms with van der Waals surface area (Å²) in [7, 11) is 0. The average molecular weight is 589 g/mol. The highest BCUT2D eigenvalue weighted by molar-refractivity contribution is 5.75. The summed E-state index contributed by atoms with van der Waals surface area (Å²) in [5.41, 5.74) is -0.142. The lowest BCUT2D eigenvalue weighted by Crippen LogP contribution is -2.60. The summed E-state index contributed by atoms with van der Waals surface area (Å²) in [4.78, 5) is 26.3. The molecule has 0 spiro atoms. The van der Waals surface area contributed by atoms with Gasteiger partial charge in [0.1, 0.15) is 12.2 Å². The minimum Gasteiger partial charge on any atom is -0.462 e. The van der Waals surface area contributed by atoms with Gasteiger partial charge in [0.2, 0.25) is 0 Å². The summed E-state index contributed by atoms with van der Waals surface area (Å²) in [5.74, 6) is 2.47. The maximum Gasteiger partial charge on any atom is 0.335 e. The molecular formula is C35H60N2O5. The number of carbonyl (C=O) groups excluding carboxylic acids is 2. The van der Waals surface area contributed by atoms with Crippen molar-refractivity contribution in [2.45, 2.75) is 173 Å². The molecule has 5 rings (SSSR count). The zero-order valence-corrected chi connectivity index (χ0v) is 27.9. The van der Waals surface area contributed by atoms with Crippen molar-refractivity contribution in [2.24, 2.45) is 29.6 Å². The van der Waals surface area contributed by atoms with Crippen LogP contribution in [0.4, 0.5) is 0 Å². The van der Waals surface area contributed by atoms with Crippen molar-refractivity contribution in [3.8, 4) is 0 Å². The van der Waals surface area contributed by atoms with Gasteiger partial charge in [-0.3, -0.25) is 4.79 Å². The van der Waals surface area contributed by atoms with Crippen molar-refractivity contribution < 1.29 is 23.8 Å². The van der Waals surface area contributed by atoms with Crippen LogP contribution >= 0.6 is 0 Å². The van der Waals surface area contributed by atoms with Gasteiger partial charge in [-0.15, -0.1) is 0 Å². The molecule has 6 unspecified atom stereocenters. The van der Waals surface area contributed by atoms with Gasteiger partial charge in [0.25, 0.3) is 0 Å². The zero-order chi connectivity index (χ0) is 30.5. The maximum atomic E-state index is 13.2. The van der Waals surface area contributed by atoms with Crippen LogP contribution < -0.4 is 10.6 Å². The van der Waals surface area contributed by atoms with Gasteiger partial charge in [0, 0.05) is 47.8 Å². The quantitative estimate of drug-likeness (QED) is 0.364. The second kappa shape index (κ2) is 12.0. The number of hydrogen-bond donors (Lipinski definition) is 2. The van der Waals surface area contributed by atoms with E-state index in [9.17, 15) is 9.59 Å². The largest absolute Gasteiger partial charge is 0.462 e. The average Bonchev–Trinajstić information content (AvgIpc) is 2.84. The van der Waals surface area contributed by atoms with Gasteiger partial charge in [0.05, 0.1) is 12.5 Å². The smallest absolute Gasteiger partial charge is 0.335 e. The van der Waals surface area contributed by atoms with Gasteiger partial charge < -0.3 is 24.8 Å². The van der Waals surface area contributed by atoms with Gasteiger partial charge in [-0.2, -0.15) is 0 Å². The molecule has 5 aliphatic rings. The van der Waals surface area contributed by atoms with E-state index in [4.69, 9.17) is 14.2 Å². The number of piperidine rings is 2. The standard InChI is InChI=1S/C35H60N2O5/c1-32(2)17-27(18-33(3,4)36-32)41-30(38)25-12-11-22-15-24(10-9-23(22)16-25)26-13-14-29(40-21-26)31(39)42-28-19-34(5,6)37-35(7,8)20-28/h22-29,36-37H,9-21H2,1-8H3. The Morgan fingerprint density at radius 2 is 1.00 bits per heavy atom. The van der Waals surface area contributed by atoms with Crippen LogP contribution in [0.15, 0.2) is 0 Å². The molecule has 2 saturated carbocycles. The van der Waals surface area contributed by atoms with E-state index in [0.29, 0.717) is 30.3 Å². The molecule has 2 N–H and O–H groups in total. The molecule has 6 atom stereocenters. The molecular weight excluding hydrogens is 528 g/mol. The number of nitrogens with one attached hydrogen (secondary N) is 2. The third kappa shape index (κ3) is 8.10. The van der Waals surface area contributed by atoms with Crippen molar-refractivity contribution in [1.82, 2.24) is 10.6 Å². The summed E-state index contributed by atoms with van der Waals surface area (Å²) in [6.45, 7) is 18.2. The predicted octanol–water partition coefficient (Wildman–Crippen LogP) is 6.32. The van der Waals surface area contributed by atoms with E-state index < -0.39 is 6.10 Å². The lowest BCUT2D eigenvalue weighted by atomic mass is 9.62. The number of carbonyl (C=O) groups is 2. The Labute approximate surface area is 255 Å². The maximum absolute atomic E-state index is 13.2. The van der Waals surface area contributed by atoms with E-state index in [1.165, 1.54) is 19.3 Å². The highest BCUT2D eigenvalue weighted by Crippen LogP contribution is 2.48. The molecule has 0 aromatic heterocycles. The lowest BCUT2D eigenvalue weighted by molar-refractivity contribution is -0.173. The van der Waals surface area contributed by atoms with Crippen molar-refractivity contribution in [2.75, 3.05) is 6.61 Å². The number of esters is 2. The van der Waals surface area contributed by atoms with Crippen molar-refractivity contribution in [1.29, 1.82) is 0 Å². The highest BCUT2D eigenvalue weighted by Gasteiger charge is 2.45. The summed E-state index contributed by atoms with van der Waals surface area (Å²) in [5, 5.41) is 7.35. The zero-order valence-electron chi connectivity index (χ0n) is 27.9. The van der Waals surface area contributed by atoms with Gasteiger partial charge in [-0.05, 0) is 130 Å². The van der Waals surface area contributed by atoms with Crippen LogP contribution in [0.3, 0.4) is 0 Å². The summed E-state index contributed by atoms with van der Waals surface area (Å²) in [6, 6.07) is 0. The normalized spacial score (nSPS) is 38.2. The fraction of sp³-hybridized carbons (Fsp3) is 0.943. The first-order chi connectivity index (χ1) is 19.5. The monoisotopic (exact) mass is 588 g/mol. The Bertz CT molecular complexity index is 947. The topological polar surface area (TPSA) is 85.9 Å². The van der Waals surface area contributed by atoms with Crippen LogP contribution in [0.1, 0.15) is 132 Å². The predicted molar refractivity (Wildman–Crippen MR) is 165 cm³/mol. The summed E-state index contributed by atoms with van der Waals surface area (Å²) in [6.07, 6.45) is 11.5. The minimum atomic E-state index is -0.420. The van der Waals surface area contributed by atoms with Crippen LogP contribution in [-0.2, 0) is 23.8 Å². The van der Waals surface area contributed by atoms with E-state index >= 15 is 0 Å². The molecule has 42 heavy (non-hydrogen) atoms. The molecule has 3 saturated heterocycles. The van der Waals surface area contributed by atoms with Crippen LogP contribution in [0.5, 0.6) is 0 Å². The van der Waals surface area contributed by atoms with Gasteiger partial charge in [-0.25, -0.2) is 4.79 Å². The molecule has 5 fully saturated rings. The summed E-state index contributed by atoms with van der Waals surface area (Å²) < 4.78 is 18.3. The number of ether oxygens (including phenoxy) is 3. The molecule has 2 aliphatic carbocycles. The molecule has 0 aromatic carbocycles. The molecule has 240 valence electrons. The SMILES string of the molecule is CC1(C)CC(OC(=O)C2CCC3CC(C4CCC(C(=O)OC5CC(C)(C)NC(C)(C)C5)OC4)CCC3C2)CC(C)(C)N1. The third-order valence-electron chi connectivity index (χ3n) is 11.1. The Kier molecular flexibility index (Phi) is 9.18. The van der Waals surface area contributed by atoms with Gasteiger partial charge in [0.15, 0.2) is 6.10 Å². The second-order valence-electron chi connectivity index (χ2n) is 17.5. The first-order valence-corrected chi connectivity index (χ1v) is 17.1. The van der Waals surface area contributed by atoms with Crippen LogP contribution in [-0.4, -0.2) is 59.0 Å². The Morgan fingerprint density at radius 1 is 0.571 bits per heavy atom. The molecule has 7 heteroatoms. The van der Waals surface area contributed by atoms with Gasteiger partial charge >= 0.3 is 11.9 Å². The molecule has 0 amide bonds. The van der Waals surface area contributed by atoms with Crippen LogP contribution in [0, 0.1) is 29.6 Å².